The molecule has 5 heteroatoms. The van der Waals surface area contributed by atoms with Gasteiger partial charge in [-0.05, 0) is 42.8 Å². The van der Waals surface area contributed by atoms with Crippen LogP contribution in [0.1, 0.15) is 15.9 Å². The molecule has 19 heavy (non-hydrogen) atoms. The van der Waals surface area contributed by atoms with Crippen molar-refractivity contribution in [1.29, 1.82) is 0 Å². The predicted octanol–water partition coefficient (Wildman–Crippen LogP) is 4.33. The third-order valence-electron chi connectivity index (χ3n) is 2.64. The zero-order valence-corrected chi connectivity index (χ0v) is 11.7. The lowest BCUT2D eigenvalue weighted by molar-refractivity contribution is 0.102. The summed E-state index contributed by atoms with van der Waals surface area (Å²) in [6.45, 7) is 1.88. The molecule has 0 unspecified atom stereocenters. The van der Waals surface area contributed by atoms with E-state index in [4.69, 9.17) is 11.6 Å². The van der Waals surface area contributed by atoms with Crippen molar-refractivity contribution >= 4 is 35.8 Å². The quantitative estimate of drug-likeness (QED) is 0.793. The Morgan fingerprint density at radius 1 is 1.26 bits per heavy atom. The molecule has 0 aliphatic heterocycles. The minimum Gasteiger partial charge on any atom is -0.322 e. The maximum absolute atomic E-state index is 13.1. The summed E-state index contributed by atoms with van der Waals surface area (Å²) < 4.78 is 13.1. The zero-order valence-electron chi connectivity index (χ0n) is 10.1. The summed E-state index contributed by atoms with van der Waals surface area (Å²) in [5.41, 5.74) is 1.85. The molecule has 0 aromatic heterocycles. The van der Waals surface area contributed by atoms with E-state index >= 15 is 0 Å². The largest absolute Gasteiger partial charge is 0.322 e. The summed E-state index contributed by atoms with van der Waals surface area (Å²) in [5, 5.41) is 3.27. The molecule has 0 atom stereocenters. The zero-order chi connectivity index (χ0) is 14.0. The summed E-state index contributed by atoms with van der Waals surface area (Å²) in [6.07, 6.45) is 0. The maximum Gasteiger partial charge on any atom is 0.255 e. The molecule has 0 saturated heterocycles. The van der Waals surface area contributed by atoms with Crippen molar-refractivity contribution in [2.24, 2.45) is 0 Å². The van der Waals surface area contributed by atoms with E-state index in [0.29, 0.717) is 16.3 Å². The van der Waals surface area contributed by atoms with E-state index in [9.17, 15) is 9.18 Å². The molecule has 2 rings (SSSR count). The van der Waals surface area contributed by atoms with Gasteiger partial charge < -0.3 is 5.32 Å². The Hall–Kier alpha value is -1.52. The number of hydrogen-bond donors (Lipinski definition) is 2. The molecule has 2 nitrogen and oxygen atoms in total. The average molecular weight is 296 g/mol. The van der Waals surface area contributed by atoms with Crippen LogP contribution in [0.2, 0.25) is 5.02 Å². The first-order valence-electron chi connectivity index (χ1n) is 5.53. The highest BCUT2D eigenvalue weighted by Crippen LogP contribution is 2.21. The highest BCUT2D eigenvalue weighted by molar-refractivity contribution is 7.80. The number of nitrogens with one attached hydrogen (secondary N) is 1. The number of anilines is 1. The van der Waals surface area contributed by atoms with Gasteiger partial charge in [0.15, 0.2) is 0 Å². The number of halogens is 2. The Bertz CT molecular complexity index is 645. The Morgan fingerprint density at radius 3 is 2.63 bits per heavy atom. The van der Waals surface area contributed by atoms with Gasteiger partial charge >= 0.3 is 0 Å². The number of thiol groups is 1. The van der Waals surface area contributed by atoms with Crippen molar-refractivity contribution < 1.29 is 9.18 Å². The standard InChI is InChI=1S/C14H11ClFNOS/c1-8-2-4-10(7-11(8)15)17-14(18)9-3-5-12(16)13(19)6-9/h2-7,19H,1H3,(H,17,18). The smallest absolute Gasteiger partial charge is 0.255 e. The molecular weight excluding hydrogens is 285 g/mol. The van der Waals surface area contributed by atoms with Crippen LogP contribution in [-0.2, 0) is 0 Å². The van der Waals surface area contributed by atoms with Gasteiger partial charge in [0, 0.05) is 21.2 Å². The van der Waals surface area contributed by atoms with Gasteiger partial charge in [-0.2, -0.15) is 0 Å². The number of benzene rings is 2. The summed E-state index contributed by atoms with van der Waals surface area (Å²) >= 11 is 9.92. The van der Waals surface area contributed by atoms with Crippen LogP contribution in [0.25, 0.3) is 0 Å². The number of amides is 1. The van der Waals surface area contributed by atoms with E-state index in [1.807, 2.05) is 13.0 Å². The lowest BCUT2D eigenvalue weighted by Crippen LogP contribution is -2.12. The van der Waals surface area contributed by atoms with E-state index in [-0.39, 0.29) is 10.8 Å². The van der Waals surface area contributed by atoms with Crippen molar-refractivity contribution in [2.75, 3.05) is 5.32 Å². The molecule has 0 spiro atoms. The van der Waals surface area contributed by atoms with Crippen LogP contribution in [-0.4, -0.2) is 5.91 Å². The molecule has 2 aromatic rings. The highest BCUT2D eigenvalue weighted by atomic mass is 35.5. The number of carbonyl (C=O) groups excluding carboxylic acids is 1. The van der Waals surface area contributed by atoms with Gasteiger partial charge in [-0.15, -0.1) is 12.6 Å². The maximum atomic E-state index is 13.1. The van der Waals surface area contributed by atoms with Crippen molar-refractivity contribution in [3.8, 4) is 0 Å². The van der Waals surface area contributed by atoms with E-state index < -0.39 is 5.82 Å². The molecule has 0 saturated carbocycles. The van der Waals surface area contributed by atoms with Crippen LogP contribution in [0, 0.1) is 12.7 Å². The fourth-order valence-electron chi connectivity index (χ4n) is 1.53. The van der Waals surface area contributed by atoms with Crippen LogP contribution in [0.4, 0.5) is 10.1 Å². The van der Waals surface area contributed by atoms with Gasteiger partial charge in [0.2, 0.25) is 0 Å². The second kappa shape index (κ2) is 5.63. The monoisotopic (exact) mass is 295 g/mol. The summed E-state index contributed by atoms with van der Waals surface area (Å²) in [5.74, 6) is -0.798. The first-order valence-corrected chi connectivity index (χ1v) is 6.36. The Balaban J connectivity index is 2.20. The minimum absolute atomic E-state index is 0.134. The van der Waals surface area contributed by atoms with Gasteiger partial charge in [0.1, 0.15) is 5.82 Å². The average Bonchev–Trinajstić information content (AvgIpc) is 2.37. The molecule has 0 aliphatic carbocycles. The van der Waals surface area contributed by atoms with Gasteiger partial charge in [-0.25, -0.2) is 4.39 Å². The van der Waals surface area contributed by atoms with Crippen molar-refractivity contribution in [3.05, 3.63) is 58.4 Å². The first-order chi connectivity index (χ1) is 8.97. The third-order valence-corrected chi connectivity index (χ3v) is 3.39. The first kappa shape index (κ1) is 13.9. The van der Waals surface area contributed by atoms with Crippen molar-refractivity contribution in [3.63, 3.8) is 0 Å². The summed E-state index contributed by atoms with van der Waals surface area (Å²) in [6, 6.07) is 9.22. The second-order valence-electron chi connectivity index (χ2n) is 4.08. The van der Waals surface area contributed by atoms with Crippen molar-refractivity contribution in [1.82, 2.24) is 0 Å². The predicted molar refractivity (Wildman–Crippen MR) is 77.8 cm³/mol. The van der Waals surface area contributed by atoms with Gasteiger partial charge in [-0.3, -0.25) is 4.79 Å². The molecule has 98 valence electrons. The summed E-state index contributed by atoms with van der Waals surface area (Å²) in [4.78, 5) is 12.1. The topological polar surface area (TPSA) is 29.1 Å². The number of rotatable bonds is 2. The highest BCUT2D eigenvalue weighted by Gasteiger charge is 2.09. The number of aryl methyl sites for hydroxylation is 1. The molecule has 0 fully saturated rings. The number of hydrogen-bond acceptors (Lipinski definition) is 2. The number of carbonyl (C=O) groups is 1. The van der Waals surface area contributed by atoms with Crippen LogP contribution in [0.15, 0.2) is 41.3 Å². The Morgan fingerprint density at radius 2 is 2.00 bits per heavy atom. The molecule has 1 N–H and O–H groups in total. The van der Waals surface area contributed by atoms with Crippen LogP contribution in [0.3, 0.4) is 0 Å². The fraction of sp³-hybridized carbons (Fsp3) is 0.0714. The Labute approximate surface area is 121 Å². The lowest BCUT2D eigenvalue weighted by atomic mass is 10.2. The molecule has 0 aliphatic rings. The third kappa shape index (κ3) is 3.28. The second-order valence-corrected chi connectivity index (χ2v) is 4.97. The molecule has 1 amide bonds. The molecule has 2 aromatic carbocycles. The van der Waals surface area contributed by atoms with Gasteiger partial charge in [0.25, 0.3) is 5.91 Å². The van der Waals surface area contributed by atoms with E-state index in [0.717, 1.165) is 5.56 Å². The normalized spacial score (nSPS) is 10.3. The van der Waals surface area contributed by atoms with E-state index in [2.05, 4.69) is 17.9 Å². The Kier molecular flexibility index (Phi) is 4.12. The van der Waals surface area contributed by atoms with E-state index in [1.54, 1.807) is 12.1 Å². The van der Waals surface area contributed by atoms with Gasteiger partial charge in [-0.1, -0.05) is 17.7 Å². The van der Waals surface area contributed by atoms with Crippen LogP contribution >= 0.6 is 24.2 Å². The molecule has 0 bridgehead atoms. The SMILES string of the molecule is Cc1ccc(NC(=O)c2ccc(F)c(S)c2)cc1Cl. The van der Waals surface area contributed by atoms with Gasteiger partial charge in [0.05, 0.1) is 0 Å². The molecule has 0 heterocycles. The van der Waals surface area contributed by atoms with Crippen LogP contribution in [0.5, 0.6) is 0 Å². The lowest BCUT2D eigenvalue weighted by Gasteiger charge is -2.07. The minimum atomic E-state index is -0.460. The van der Waals surface area contributed by atoms with Crippen molar-refractivity contribution in [2.45, 2.75) is 11.8 Å². The fourth-order valence-corrected chi connectivity index (χ4v) is 1.92. The molecular formula is C14H11ClFNOS. The van der Waals surface area contributed by atoms with Crippen LogP contribution < -0.4 is 5.32 Å². The molecule has 0 radical (unpaired) electrons. The van der Waals surface area contributed by atoms with E-state index in [1.165, 1.54) is 18.2 Å². The summed E-state index contributed by atoms with van der Waals surface area (Å²) in [7, 11) is 0.